The van der Waals surface area contributed by atoms with E-state index in [4.69, 9.17) is 11.6 Å². The zero-order valence-electron chi connectivity index (χ0n) is 6.67. The lowest BCUT2D eigenvalue weighted by Crippen LogP contribution is -1.82. The summed E-state index contributed by atoms with van der Waals surface area (Å²) in [5.41, 5.74) is 0.340. The molecule has 1 aromatic heterocycles. The molecule has 0 bridgehead atoms. The lowest BCUT2D eigenvalue weighted by molar-refractivity contribution is 0.584. The molecule has 0 aliphatic heterocycles. The van der Waals surface area contributed by atoms with E-state index < -0.39 is 11.6 Å². The first-order chi connectivity index (χ1) is 6.65. The summed E-state index contributed by atoms with van der Waals surface area (Å²) < 4.78 is 29.3. The van der Waals surface area contributed by atoms with Gasteiger partial charge < -0.3 is 0 Å². The van der Waals surface area contributed by atoms with Gasteiger partial charge >= 0.3 is 0 Å². The summed E-state index contributed by atoms with van der Waals surface area (Å²) >= 11 is 6.48. The molecular formula is C8H3ClF2N2S. The minimum atomic E-state index is -0.647. The maximum atomic E-state index is 12.8. The molecule has 0 unspecified atom stereocenters. The third-order valence-electron chi connectivity index (χ3n) is 1.51. The summed E-state index contributed by atoms with van der Waals surface area (Å²) in [7, 11) is 0. The highest BCUT2D eigenvalue weighted by Crippen LogP contribution is 2.24. The van der Waals surface area contributed by atoms with E-state index in [0.717, 1.165) is 17.6 Å². The predicted octanol–water partition coefficient (Wildman–Crippen LogP) is 3.14. The zero-order chi connectivity index (χ0) is 10.1. The van der Waals surface area contributed by atoms with E-state index in [9.17, 15) is 8.78 Å². The lowest BCUT2D eigenvalue weighted by Gasteiger charge is -1.95. The summed E-state index contributed by atoms with van der Waals surface area (Å²) in [6, 6.07) is 3.16. The summed E-state index contributed by atoms with van der Waals surface area (Å²) in [5, 5.41) is 0.475. The first-order valence-electron chi connectivity index (χ1n) is 3.61. The molecule has 2 aromatic rings. The van der Waals surface area contributed by atoms with Gasteiger partial charge in [-0.05, 0) is 35.3 Å². The van der Waals surface area contributed by atoms with Crippen LogP contribution < -0.4 is 0 Å². The molecule has 0 radical (unpaired) electrons. The van der Waals surface area contributed by atoms with Gasteiger partial charge in [0.15, 0.2) is 0 Å². The molecule has 0 amide bonds. The molecule has 0 spiro atoms. The molecule has 2 rings (SSSR count). The van der Waals surface area contributed by atoms with Crippen molar-refractivity contribution in [2.45, 2.75) is 0 Å². The van der Waals surface area contributed by atoms with E-state index in [-0.39, 0.29) is 5.28 Å². The predicted molar refractivity (Wildman–Crippen MR) is 50.3 cm³/mol. The summed E-state index contributed by atoms with van der Waals surface area (Å²) in [4.78, 5) is 3.80. The molecule has 0 saturated heterocycles. The van der Waals surface area contributed by atoms with Gasteiger partial charge in [-0.3, -0.25) is 0 Å². The molecule has 0 fully saturated rings. The van der Waals surface area contributed by atoms with Gasteiger partial charge in [0, 0.05) is 11.6 Å². The van der Waals surface area contributed by atoms with Crippen molar-refractivity contribution in [2.75, 3.05) is 0 Å². The van der Waals surface area contributed by atoms with Crippen molar-refractivity contribution in [3.8, 4) is 10.6 Å². The van der Waals surface area contributed by atoms with Gasteiger partial charge in [-0.1, -0.05) is 0 Å². The molecule has 0 saturated carbocycles. The van der Waals surface area contributed by atoms with E-state index in [1.807, 2.05) is 0 Å². The molecule has 2 nitrogen and oxygen atoms in total. The van der Waals surface area contributed by atoms with Crippen LogP contribution in [0.4, 0.5) is 8.78 Å². The van der Waals surface area contributed by atoms with E-state index >= 15 is 0 Å². The molecule has 0 atom stereocenters. The number of hydrogen-bond donors (Lipinski definition) is 0. The smallest absolute Gasteiger partial charge is 0.207 e. The second kappa shape index (κ2) is 3.59. The highest BCUT2D eigenvalue weighted by atomic mass is 35.5. The summed E-state index contributed by atoms with van der Waals surface area (Å²) in [6.45, 7) is 0. The number of benzene rings is 1. The molecule has 0 aliphatic rings. The average molecular weight is 233 g/mol. The van der Waals surface area contributed by atoms with E-state index in [1.54, 1.807) is 0 Å². The fourth-order valence-corrected chi connectivity index (χ4v) is 1.79. The Labute approximate surface area is 87.3 Å². The Morgan fingerprint density at radius 2 is 1.79 bits per heavy atom. The van der Waals surface area contributed by atoms with Crippen LogP contribution in [0.5, 0.6) is 0 Å². The second-order valence-electron chi connectivity index (χ2n) is 2.53. The summed E-state index contributed by atoms with van der Waals surface area (Å²) in [5.74, 6) is -1.29. The van der Waals surface area contributed by atoms with Crippen molar-refractivity contribution in [1.29, 1.82) is 0 Å². The van der Waals surface area contributed by atoms with Crippen LogP contribution >= 0.6 is 23.1 Å². The van der Waals surface area contributed by atoms with Gasteiger partial charge in [-0.25, -0.2) is 13.8 Å². The average Bonchev–Trinajstić information content (AvgIpc) is 2.50. The molecule has 0 N–H and O–H groups in total. The lowest BCUT2D eigenvalue weighted by atomic mass is 10.2. The highest BCUT2D eigenvalue weighted by Gasteiger charge is 2.07. The van der Waals surface area contributed by atoms with Crippen molar-refractivity contribution in [1.82, 2.24) is 9.36 Å². The zero-order valence-corrected chi connectivity index (χ0v) is 8.24. The molecule has 6 heteroatoms. The van der Waals surface area contributed by atoms with Crippen molar-refractivity contribution in [3.05, 3.63) is 35.1 Å². The molecule has 14 heavy (non-hydrogen) atoms. The third-order valence-corrected chi connectivity index (χ3v) is 2.54. The highest BCUT2D eigenvalue weighted by molar-refractivity contribution is 7.09. The number of rotatable bonds is 1. The van der Waals surface area contributed by atoms with E-state index in [0.29, 0.717) is 10.6 Å². The normalized spacial score (nSPS) is 10.5. The van der Waals surface area contributed by atoms with Gasteiger partial charge in [0.1, 0.15) is 16.6 Å². The van der Waals surface area contributed by atoms with Gasteiger partial charge in [-0.2, -0.15) is 4.37 Å². The van der Waals surface area contributed by atoms with E-state index in [1.165, 1.54) is 12.1 Å². The Morgan fingerprint density at radius 1 is 1.14 bits per heavy atom. The fraction of sp³-hybridized carbons (Fsp3) is 0. The number of hydrogen-bond acceptors (Lipinski definition) is 3. The van der Waals surface area contributed by atoms with Crippen LogP contribution in [0.25, 0.3) is 10.6 Å². The molecular weight excluding hydrogens is 230 g/mol. The number of halogens is 3. The molecule has 1 aromatic carbocycles. The molecule has 72 valence electrons. The second-order valence-corrected chi connectivity index (χ2v) is 3.62. The third kappa shape index (κ3) is 1.88. The number of nitrogens with zero attached hydrogens (tertiary/aromatic N) is 2. The van der Waals surface area contributed by atoms with Gasteiger partial charge in [0.25, 0.3) is 0 Å². The van der Waals surface area contributed by atoms with Crippen molar-refractivity contribution in [2.24, 2.45) is 0 Å². The van der Waals surface area contributed by atoms with Crippen LogP contribution in [0.3, 0.4) is 0 Å². The quantitative estimate of drug-likeness (QED) is 0.755. The van der Waals surface area contributed by atoms with Gasteiger partial charge in [-0.15, -0.1) is 0 Å². The SMILES string of the molecule is Fc1cc(F)cc(-c2nc(Cl)ns2)c1. The van der Waals surface area contributed by atoms with Crippen molar-refractivity contribution >= 4 is 23.1 Å². The Morgan fingerprint density at radius 3 is 2.29 bits per heavy atom. The van der Waals surface area contributed by atoms with E-state index in [2.05, 4.69) is 9.36 Å². The van der Waals surface area contributed by atoms with Crippen LogP contribution in [-0.4, -0.2) is 9.36 Å². The first-order valence-corrected chi connectivity index (χ1v) is 4.76. The monoisotopic (exact) mass is 232 g/mol. The number of aromatic nitrogens is 2. The maximum absolute atomic E-state index is 12.8. The fourth-order valence-electron chi connectivity index (χ4n) is 1.00. The largest absolute Gasteiger partial charge is 0.234 e. The Bertz CT molecular complexity index is 452. The Kier molecular flexibility index (Phi) is 2.43. The van der Waals surface area contributed by atoms with Gasteiger partial charge in [0.2, 0.25) is 5.28 Å². The minimum absolute atomic E-state index is 0.0784. The minimum Gasteiger partial charge on any atom is -0.207 e. The molecule has 0 aliphatic carbocycles. The van der Waals surface area contributed by atoms with Crippen molar-refractivity contribution in [3.63, 3.8) is 0 Å². The van der Waals surface area contributed by atoms with Crippen LogP contribution in [-0.2, 0) is 0 Å². The van der Waals surface area contributed by atoms with Crippen LogP contribution in [0.2, 0.25) is 5.28 Å². The maximum Gasteiger partial charge on any atom is 0.234 e. The van der Waals surface area contributed by atoms with Gasteiger partial charge in [0.05, 0.1) is 0 Å². The van der Waals surface area contributed by atoms with Crippen LogP contribution in [0.1, 0.15) is 0 Å². The Balaban J connectivity index is 2.51. The van der Waals surface area contributed by atoms with Crippen LogP contribution in [0, 0.1) is 11.6 Å². The molecule has 1 heterocycles. The standard InChI is InChI=1S/C8H3ClF2N2S/c9-8-12-7(14-13-8)4-1-5(10)3-6(11)2-4/h1-3H. The van der Waals surface area contributed by atoms with Crippen LogP contribution in [0.15, 0.2) is 18.2 Å². The van der Waals surface area contributed by atoms with Crippen molar-refractivity contribution < 1.29 is 8.78 Å². The summed E-state index contributed by atoms with van der Waals surface area (Å²) in [6.07, 6.45) is 0. The topological polar surface area (TPSA) is 25.8 Å². The first kappa shape index (κ1) is 9.48. The Hall–Kier alpha value is -1.07.